The third-order valence-corrected chi connectivity index (χ3v) is 6.72. The lowest BCUT2D eigenvalue weighted by atomic mass is 10.0. The lowest BCUT2D eigenvalue weighted by molar-refractivity contribution is -0.134. The number of aliphatic hydroxyl groups is 2. The number of hydrogen-bond acceptors (Lipinski definition) is 8. The molecule has 3 aliphatic rings. The number of aromatic nitrogens is 2. The molecule has 2 fully saturated rings. The minimum absolute atomic E-state index is 0.0383. The van der Waals surface area contributed by atoms with Crippen molar-refractivity contribution in [3.8, 4) is 11.4 Å². The fourth-order valence-corrected chi connectivity index (χ4v) is 4.73. The van der Waals surface area contributed by atoms with Gasteiger partial charge in [-0.2, -0.15) is 0 Å². The van der Waals surface area contributed by atoms with Gasteiger partial charge in [0.25, 0.3) is 0 Å². The summed E-state index contributed by atoms with van der Waals surface area (Å²) in [6.07, 6.45) is 2.73. The highest BCUT2D eigenvalue weighted by atomic mass is 16.5. The number of ether oxygens (including phenoxy) is 1. The third-order valence-electron chi connectivity index (χ3n) is 6.72. The summed E-state index contributed by atoms with van der Waals surface area (Å²) in [5.74, 6) is 1.43. The Bertz CT molecular complexity index is 1070. The van der Waals surface area contributed by atoms with E-state index >= 15 is 0 Å². The van der Waals surface area contributed by atoms with Crippen LogP contribution in [0.4, 0.5) is 5.82 Å². The fraction of sp³-hybridized carbons (Fsp3) is 0.480. The Morgan fingerprint density at radius 3 is 2.74 bits per heavy atom. The maximum atomic E-state index is 12.8. The first-order chi connectivity index (χ1) is 16.6. The smallest absolute Gasteiger partial charge is 0.242 e. The number of rotatable bonds is 5. The van der Waals surface area contributed by atoms with Gasteiger partial charge in [0.15, 0.2) is 5.82 Å². The molecule has 9 heteroatoms. The number of nitrogens with zero attached hydrogens (tertiary/aromatic N) is 4. The number of anilines is 1. The first-order valence-electron chi connectivity index (χ1n) is 11.9. The monoisotopic (exact) mass is 465 g/mol. The summed E-state index contributed by atoms with van der Waals surface area (Å²) in [7, 11) is 0. The molecule has 180 valence electrons. The van der Waals surface area contributed by atoms with Crippen LogP contribution in [-0.4, -0.2) is 89.1 Å². The Labute approximate surface area is 199 Å². The van der Waals surface area contributed by atoms with Gasteiger partial charge in [-0.1, -0.05) is 24.3 Å². The molecule has 2 saturated heterocycles. The van der Waals surface area contributed by atoms with E-state index in [9.17, 15) is 15.0 Å². The average molecular weight is 466 g/mol. The van der Waals surface area contributed by atoms with Crippen molar-refractivity contribution >= 4 is 17.3 Å². The molecule has 2 aromatic rings. The van der Waals surface area contributed by atoms with Crippen LogP contribution >= 0.6 is 0 Å². The Hall–Kier alpha value is -2.85. The van der Waals surface area contributed by atoms with Gasteiger partial charge in [0.1, 0.15) is 11.9 Å². The van der Waals surface area contributed by atoms with Crippen LogP contribution in [0.15, 0.2) is 36.4 Å². The second-order valence-corrected chi connectivity index (χ2v) is 8.94. The molecule has 0 spiro atoms. The van der Waals surface area contributed by atoms with Gasteiger partial charge in [0, 0.05) is 37.8 Å². The molecule has 1 aromatic heterocycles. The summed E-state index contributed by atoms with van der Waals surface area (Å²) in [4.78, 5) is 26.6. The summed E-state index contributed by atoms with van der Waals surface area (Å²) in [5.41, 5.74) is 3.61. The summed E-state index contributed by atoms with van der Waals surface area (Å²) in [6.45, 7) is 4.56. The van der Waals surface area contributed by atoms with Crippen LogP contribution in [0.3, 0.4) is 0 Å². The van der Waals surface area contributed by atoms with Gasteiger partial charge in [-0.15, -0.1) is 0 Å². The summed E-state index contributed by atoms with van der Waals surface area (Å²) < 4.78 is 5.51. The van der Waals surface area contributed by atoms with Crippen molar-refractivity contribution in [1.29, 1.82) is 0 Å². The molecule has 3 N–H and O–H groups in total. The molecule has 34 heavy (non-hydrogen) atoms. The van der Waals surface area contributed by atoms with Crippen LogP contribution in [0.1, 0.15) is 24.1 Å². The van der Waals surface area contributed by atoms with E-state index in [4.69, 9.17) is 14.7 Å². The molecule has 3 aliphatic heterocycles. The molecule has 4 heterocycles. The Kier molecular flexibility index (Phi) is 6.87. The van der Waals surface area contributed by atoms with Gasteiger partial charge < -0.3 is 30.1 Å². The standard InChI is InChI=1S/C25H31N5O4/c31-16-17-2-1-3-19(14-17)24-27-20(15-22(28-24)29-10-12-34-13-11-29)18-5-8-30(9-6-18)25(33)23-21(32)4-7-26-23/h1-3,5,14-15,21,23,26,31-32H,4,6-13,16H2/t21-,23-/m0/s1. The summed E-state index contributed by atoms with van der Waals surface area (Å²) in [6, 6.07) is 9.17. The molecular weight excluding hydrogens is 434 g/mol. The van der Waals surface area contributed by atoms with Crippen LogP contribution < -0.4 is 10.2 Å². The van der Waals surface area contributed by atoms with Crippen LogP contribution in [0.25, 0.3) is 17.0 Å². The minimum Gasteiger partial charge on any atom is -0.392 e. The lowest BCUT2D eigenvalue weighted by Crippen LogP contribution is -2.49. The highest BCUT2D eigenvalue weighted by molar-refractivity contribution is 5.84. The Morgan fingerprint density at radius 1 is 1.18 bits per heavy atom. The molecule has 0 radical (unpaired) electrons. The Balaban J connectivity index is 1.43. The zero-order chi connectivity index (χ0) is 23.5. The van der Waals surface area contributed by atoms with E-state index in [1.807, 2.05) is 30.3 Å². The van der Waals surface area contributed by atoms with Crippen LogP contribution in [0.5, 0.6) is 0 Å². The third kappa shape index (κ3) is 4.83. The van der Waals surface area contributed by atoms with E-state index < -0.39 is 12.1 Å². The van der Waals surface area contributed by atoms with Gasteiger partial charge in [0.2, 0.25) is 5.91 Å². The number of carbonyl (C=O) groups is 1. The van der Waals surface area contributed by atoms with Crippen molar-refractivity contribution in [2.75, 3.05) is 50.8 Å². The van der Waals surface area contributed by atoms with Gasteiger partial charge in [-0.3, -0.25) is 4.79 Å². The first-order valence-corrected chi connectivity index (χ1v) is 11.9. The van der Waals surface area contributed by atoms with Crippen molar-refractivity contribution in [3.63, 3.8) is 0 Å². The van der Waals surface area contributed by atoms with Crippen molar-refractivity contribution in [2.45, 2.75) is 31.6 Å². The molecule has 5 rings (SSSR count). The molecule has 9 nitrogen and oxygen atoms in total. The quantitative estimate of drug-likeness (QED) is 0.595. The number of nitrogens with one attached hydrogen (secondary N) is 1. The summed E-state index contributed by atoms with van der Waals surface area (Å²) in [5, 5.41) is 22.8. The van der Waals surface area contributed by atoms with Crippen molar-refractivity contribution in [3.05, 3.63) is 47.7 Å². The molecule has 0 saturated carbocycles. The summed E-state index contributed by atoms with van der Waals surface area (Å²) >= 11 is 0. The van der Waals surface area contributed by atoms with Gasteiger partial charge >= 0.3 is 0 Å². The lowest BCUT2D eigenvalue weighted by Gasteiger charge is -2.30. The predicted octanol–water partition coefficient (Wildman–Crippen LogP) is 0.811. The van der Waals surface area contributed by atoms with Crippen molar-refractivity contribution in [2.24, 2.45) is 0 Å². The number of aliphatic hydroxyl groups excluding tert-OH is 2. The predicted molar refractivity (Wildman–Crippen MR) is 128 cm³/mol. The number of benzene rings is 1. The topological polar surface area (TPSA) is 111 Å². The minimum atomic E-state index is -0.618. The van der Waals surface area contributed by atoms with E-state index in [2.05, 4.69) is 16.3 Å². The highest BCUT2D eigenvalue weighted by Crippen LogP contribution is 2.28. The van der Waals surface area contributed by atoms with Crippen molar-refractivity contribution < 1.29 is 19.7 Å². The largest absolute Gasteiger partial charge is 0.392 e. The van der Waals surface area contributed by atoms with Crippen LogP contribution in [0, 0.1) is 0 Å². The number of hydrogen-bond donors (Lipinski definition) is 3. The molecule has 1 amide bonds. The number of morpholine rings is 1. The normalized spacial score (nSPS) is 23.2. The molecule has 0 bridgehead atoms. The van der Waals surface area contributed by atoms with Gasteiger partial charge in [-0.25, -0.2) is 9.97 Å². The maximum Gasteiger partial charge on any atom is 0.242 e. The molecule has 2 atom stereocenters. The second-order valence-electron chi connectivity index (χ2n) is 8.94. The van der Waals surface area contributed by atoms with Crippen molar-refractivity contribution in [1.82, 2.24) is 20.2 Å². The SMILES string of the molecule is O=C([C@H]1NCC[C@@H]1O)N1CC=C(c2cc(N3CCOCC3)nc(-c3cccc(CO)c3)n2)CC1. The molecular formula is C25H31N5O4. The average Bonchev–Trinajstić information content (AvgIpc) is 3.34. The molecule has 0 aliphatic carbocycles. The van der Waals surface area contributed by atoms with Crippen LogP contribution in [0.2, 0.25) is 0 Å². The van der Waals surface area contributed by atoms with E-state index in [1.165, 1.54) is 0 Å². The van der Waals surface area contributed by atoms with E-state index in [0.29, 0.717) is 51.5 Å². The second kappa shape index (κ2) is 10.2. The van der Waals surface area contributed by atoms with E-state index in [1.54, 1.807) is 4.90 Å². The Morgan fingerprint density at radius 2 is 2.03 bits per heavy atom. The zero-order valence-electron chi connectivity index (χ0n) is 19.2. The first kappa shape index (κ1) is 22.9. The fourth-order valence-electron chi connectivity index (χ4n) is 4.73. The van der Waals surface area contributed by atoms with E-state index in [0.717, 1.165) is 41.3 Å². The maximum absolute atomic E-state index is 12.8. The van der Waals surface area contributed by atoms with E-state index in [-0.39, 0.29) is 12.5 Å². The van der Waals surface area contributed by atoms with Crippen LogP contribution in [-0.2, 0) is 16.1 Å². The van der Waals surface area contributed by atoms with Gasteiger partial charge in [0.05, 0.1) is 31.6 Å². The zero-order valence-corrected chi connectivity index (χ0v) is 19.2. The molecule has 1 aromatic carbocycles. The van der Waals surface area contributed by atoms with Gasteiger partial charge in [-0.05, 0) is 36.6 Å². The molecule has 0 unspecified atom stereocenters. The highest BCUT2D eigenvalue weighted by Gasteiger charge is 2.34. The number of carbonyl (C=O) groups excluding carboxylic acids is 1. The number of amides is 1.